The number of allylic oxidation sites excluding steroid dienone is 1. The number of hydrogen-bond donors (Lipinski definition) is 4. The van der Waals surface area contributed by atoms with Gasteiger partial charge in [0.1, 0.15) is 66.5 Å². The van der Waals surface area contributed by atoms with Gasteiger partial charge >= 0.3 is 0 Å². The summed E-state index contributed by atoms with van der Waals surface area (Å²) in [6, 6.07) is -13.1. The van der Waals surface area contributed by atoms with Gasteiger partial charge in [0.2, 0.25) is 65.0 Å². The molecule has 0 saturated carbocycles. The van der Waals surface area contributed by atoms with Crippen LogP contribution in [0, 0.1) is 35.5 Å². The first-order valence-corrected chi connectivity index (χ1v) is 30.2. The van der Waals surface area contributed by atoms with Crippen molar-refractivity contribution >= 4 is 65.0 Å². The fourth-order valence-electron chi connectivity index (χ4n) is 11.3. The summed E-state index contributed by atoms with van der Waals surface area (Å²) in [5, 5.41) is 20.4. The van der Waals surface area contributed by atoms with Gasteiger partial charge in [0.05, 0.1) is 12.6 Å². The summed E-state index contributed by atoms with van der Waals surface area (Å²) >= 11 is 0. The van der Waals surface area contributed by atoms with Crippen molar-refractivity contribution in [2.75, 3.05) is 55.9 Å². The number of likely N-dealkylation sites (N-methyl/N-ethyl adjacent to an activating group) is 7. The fraction of sp³-hybridized carbons (Fsp3) is 0.787. The first kappa shape index (κ1) is 74.0. The van der Waals surface area contributed by atoms with Crippen LogP contribution in [0.5, 0.6) is 0 Å². The molecule has 12 atom stereocenters. The van der Waals surface area contributed by atoms with Crippen LogP contribution in [0.3, 0.4) is 0 Å². The van der Waals surface area contributed by atoms with Gasteiger partial charge in [-0.3, -0.25) is 52.7 Å². The SMILES string of the molecule is C/C=C\CC1C(O)C2C(=O)N1C(CC)C(=O)N(C)CC(=O)N(C)C(CC(C)C)C(=O)NC(C(C)C)C(=O)N(C)C(CC(C)C)C(=O)NC(C)C(=O)NC(C)C(=O)N(C)C(CC(C)C)C(=O)N(C)C(CC(C)C)C(=O)N(C)C(C(C)C)C(=O)N2C. The molecular weight excluding hydrogens is 1080 g/mol. The molecule has 23 nitrogen and oxygen atoms in total. The molecule has 4 N–H and O–H groups in total. The summed E-state index contributed by atoms with van der Waals surface area (Å²) in [4.78, 5) is 170. The van der Waals surface area contributed by atoms with Crippen molar-refractivity contribution < 1.29 is 57.8 Å². The largest absolute Gasteiger partial charge is 0.388 e. The molecule has 2 heterocycles. The third-order valence-electron chi connectivity index (χ3n) is 16.3. The molecule has 0 aliphatic carbocycles. The normalized spacial score (nSPS) is 28.7. The zero-order valence-electron chi connectivity index (χ0n) is 55.0. The highest BCUT2D eigenvalue weighted by molar-refractivity contribution is 6.00. The van der Waals surface area contributed by atoms with E-state index >= 15 is 9.59 Å². The molecule has 0 aromatic heterocycles. The van der Waals surface area contributed by atoms with Gasteiger partial charge in [-0.1, -0.05) is 102 Å². The molecule has 0 radical (unpaired) electrons. The Morgan fingerprint density at radius 2 is 0.905 bits per heavy atom. The Hall–Kier alpha value is -6.13. The van der Waals surface area contributed by atoms with E-state index in [1.807, 2.05) is 55.4 Å². The summed E-state index contributed by atoms with van der Waals surface area (Å²) in [6.45, 7) is 27.7. The molecule has 2 rings (SSSR count). The van der Waals surface area contributed by atoms with E-state index in [0.29, 0.717) is 0 Å². The summed E-state index contributed by atoms with van der Waals surface area (Å²) < 4.78 is 0. The molecule has 0 spiro atoms. The minimum absolute atomic E-state index is 0.0455. The number of nitrogens with one attached hydrogen (secondary N) is 3. The van der Waals surface area contributed by atoms with Crippen LogP contribution >= 0.6 is 0 Å². The number of nitrogens with zero attached hydrogens (tertiary/aromatic N) is 8. The molecule has 0 aromatic carbocycles. The van der Waals surface area contributed by atoms with E-state index in [1.54, 1.807) is 53.7 Å². The standard InChI is InChI=1S/C61H107N11O12/c1-24-26-27-42-51(74)50-61(84)72(42)41(25-2)56(79)65(17)32-47(73)66(18)43(28-33(3)4)54(77)64-48(37(11)12)59(82)67(19)44(29-34(5)6)53(76)62-39(15)52(75)63-40(16)55(78)68(20)45(30-35(7)8)57(80)69(21)46(31-36(9)10)58(81)70(22)49(38(13)14)60(83)71(50)23/h24,26,33-46,48-51,74H,25,27-32H2,1-23H3,(H,62,76)(H,63,75)(H,64,77)/b26-24-. The van der Waals surface area contributed by atoms with Crippen molar-refractivity contribution in [1.29, 1.82) is 0 Å². The Labute approximate surface area is 501 Å². The zero-order valence-corrected chi connectivity index (χ0v) is 55.0. The van der Waals surface area contributed by atoms with Gasteiger partial charge in [-0.25, -0.2) is 0 Å². The van der Waals surface area contributed by atoms with E-state index in [0.717, 1.165) is 9.80 Å². The zero-order chi connectivity index (χ0) is 64.8. The number of aliphatic hydroxyl groups is 1. The number of amides is 11. The predicted octanol–water partition coefficient (Wildman–Crippen LogP) is 2.73. The molecule has 2 fully saturated rings. The van der Waals surface area contributed by atoms with E-state index < -0.39 is 156 Å². The topological polar surface area (TPSA) is 270 Å². The Balaban J connectivity index is 2.97. The second-order valence-electron chi connectivity index (χ2n) is 25.9. The Kier molecular flexibility index (Phi) is 28.5. The molecule has 84 heavy (non-hydrogen) atoms. The third kappa shape index (κ3) is 18.4. The summed E-state index contributed by atoms with van der Waals surface area (Å²) in [6.07, 6.45) is 2.72. The number of rotatable bonds is 13. The minimum Gasteiger partial charge on any atom is -0.388 e. The average Bonchev–Trinajstić information content (AvgIpc) is 2.11. The first-order chi connectivity index (χ1) is 38.8. The Morgan fingerprint density at radius 3 is 1.36 bits per heavy atom. The molecule has 2 bridgehead atoms. The van der Waals surface area contributed by atoms with Gasteiger partial charge in [-0.2, -0.15) is 0 Å². The van der Waals surface area contributed by atoms with Crippen molar-refractivity contribution in [3.8, 4) is 0 Å². The minimum atomic E-state index is -1.52. The molecule has 2 aliphatic rings. The van der Waals surface area contributed by atoms with Crippen LogP contribution < -0.4 is 16.0 Å². The van der Waals surface area contributed by atoms with Crippen LogP contribution in [0.1, 0.15) is 149 Å². The number of carbonyl (C=O) groups excluding carboxylic acids is 11. The van der Waals surface area contributed by atoms with E-state index in [-0.39, 0.29) is 62.2 Å². The molecule has 12 unspecified atom stereocenters. The lowest BCUT2D eigenvalue weighted by atomic mass is 9.95. The number of hydrogen-bond acceptors (Lipinski definition) is 12. The van der Waals surface area contributed by atoms with Gasteiger partial charge in [0.25, 0.3) is 0 Å². The number of carbonyl (C=O) groups is 11. The van der Waals surface area contributed by atoms with E-state index in [1.165, 1.54) is 92.6 Å². The summed E-state index contributed by atoms with van der Waals surface area (Å²) in [7, 11) is 9.99. The Morgan fingerprint density at radius 1 is 0.476 bits per heavy atom. The molecule has 0 aromatic rings. The quantitative estimate of drug-likeness (QED) is 0.194. The predicted molar refractivity (Wildman–Crippen MR) is 322 cm³/mol. The fourth-order valence-corrected chi connectivity index (χ4v) is 11.3. The van der Waals surface area contributed by atoms with Crippen LogP contribution in [-0.2, 0) is 52.7 Å². The molecule has 2 aliphatic heterocycles. The van der Waals surface area contributed by atoms with Crippen molar-refractivity contribution in [3.05, 3.63) is 12.2 Å². The van der Waals surface area contributed by atoms with Gasteiger partial charge in [0.15, 0.2) is 0 Å². The average molecular weight is 1190 g/mol. The van der Waals surface area contributed by atoms with Gasteiger partial charge in [-0.15, -0.1) is 0 Å². The van der Waals surface area contributed by atoms with Crippen LogP contribution in [0.15, 0.2) is 12.2 Å². The second kappa shape index (κ2) is 32.4. The third-order valence-corrected chi connectivity index (χ3v) is 16.3. The summed E-state index contributed by atoms with van der Waals surface area (Å²) in [5.41, 5.74) is 0. The maximum absolute atomic E-state index is 15.1. The lowest BCUT2D eigenvalue weighted by molar-refractivity contribution is -0.156. The maximum Gasteiger partial charge on any atom is 0.249 e. The van der Waals surface area contributed by atoms with Gasteiger partial charge < -0.3 is 60.3 Å². The lowest BCUT2D eigenvalue weighted by Gasteiger charge is -2.40. The highest BCUT2D eigenvalue weighted by atomic mass is 16.3. The van der Waals surface area contributed by atoms with E-state index in [2.05, 4.69) is 16.0 Å². The molecule has 478 valence electrons. The van der Waals surface area contributed by atoms with Crippen molar-refractivity contribution in [2.45, 2.75) is 222 Å². The number of fused-ring (bicyclic) bond motifs is 2. The lowest BCUT2D eigenvalue weighted by Crippen LogP contribution is -2.61. The molecule has 11 amide bonds. The molecule has 23 heteroatoms. The van der Waals surface area contributed by atoms with Crippen LogP contribution in [-0.4, -0.2) is 238 Å². The van der Waals surface area contributed by atoms with E-state index in [9.17, 15) is 48.3 Å². The highest BCUT2D eigenvalue weighted by Gasteiger charge is 2.55. The van der Waals surface area contributed by atoms with E-state index in [4.69, 9.17) is 0 Å². The van der Waals surface area contributed by atoms with Gasteiger partial charge in [0, 0.05) is 49.3 Å². The summed E-state index contributed by atoms with van der Waals surface area (Å²) in [5.74, 6) is -8.80. The molecular formula is C61H107N11O12. The van der Waals surface area contributed by atoms with Crippen molar-refractivity contribution in [3.63, 3.8) is 0 Å². The van der Waals surface area contributed by atoms with Crippen molar-refractivity contribution in [2.24, 2.45) is 35.5 Å². The van der Waals surface area contributed by atoms with Crippen LogP contribution in [0.2, 0.25) is 0 Å². The first-order valence-electron chi connectivity index (χ1n) is 30.2. The van der Waals surface area contributed by atoms with Gasteiger partial charge in [-0.05, 0) is 94.8 Å². The molecule has 2 saturated heterocycles. The second-order valence-corrected chi connectivity index (χ2v) is 25.9. The van der Waals surface area contributed by atoms with Crippen LogP contribution in [0.4, 0.5) is 0 Å². The smallest absolute Gasteiger partial charge is 0.249 e. The Bertz CT molecular complexity index is 2360. The number of aliphatic hydroxyl groups excluding tert-OH is 1. The van der Waals surface area contributed by atoms with Crippen LogP contribution in [0.25, 0.3) is 0 Å². The highest BCUT2D eigenvalue weighted by Crippen LogP contribution is 2.32. The van der Waals surface area contributed by atoms with Crippen molar-refractivity contribution in [1.82, 2.24) is 55.1 Å². The maximum atomic E-state index is 15.1. The monoisotopic (exact) mass is 1190 g/mol.